The van der Waals surface area contributed by atoms with E-state index in [4.69, 9.17) is 5.11 Å². The minimum absolute atomic E-state index is 0.212. The summed E-state index contributed by atoms with van der Waals surface area (Å²) in [5.74, 6) is -0.409. The average Bonchev–Trinajstić information content (AvgIpc) is 2.11. The Kier molecular flexibility index (Phi) is 6.70. The molecule has 0 aromatic carbocycles. The smallest absolute Gasteiger partial charge is 0.325 e. The number of carbonyl (C=O) groups is 1. The van der Waals surface area contributed by atoms with Crippen LogP contribution in [0.25, 0.3) is 0 Å². The van der Waals surface area contributed by atoms with Crippen molar-refractivity contribution in [1.29, 1.82) is 0 Å². The van der Waals surface area contributed by atoms with Crippen LogP contribution >= 0.6 is 0 Å². The van der Waals surface area contributed by atoms with Gasteiger partial charge in [-0.3, -0.25) is 4.79 Å². The maximum absolute atomic E-state index is 10.9. The fourth-order valence-electron chi connectivity index (χ4n) is 0.818. The van der Waals surface area contributed by atoms with Crippen LogP contribution in [0.1, 0.15) is 19.8 Å². The van der Waals surface area contributed by atoms with Crippen molar-refractivity contribution in [3.8, 4) is 0 Å². The lowest BCUT2D eigenvalue weighted by Crippen LogP contribution is -2.41. The van der Waals surface area contributed by atoms with Crippen LogP contribution in [0, 0.1) is 0 Å². The summed E-state index contributed by atoms with van der Waals surface area (Å²) in [6.45, 7) is 2.58. The maximum atomic E-state index is 10.9. The average molecular weight is 175 g/mol. The van der Waals surface area contributed by atoms with E-state index >= 15 is 0 Å². The number of ether oxygens (including phenoxy) is 1. The SMILES string of the molecule is CCCCNC(CO)C(=O)OC. The van der Waals surface area contributed by atoms with E-state index in [2.05, 4.69) is 17.0 Å². The number of aliphatic hydroxyl groups is 1. The lowest BCUT2D eigenvalue weighted by molar-refractivity contribution is -0.144. The summed E-state index contributed by atoms with van der Waals surface area (Å²) >= 11 is 0. The molecule has 0 saturated carbocycles. The number of nitrogens with one attached hydrogen (secondary N) is 1. The van der Waals surface area contributed by atoms with Crippen LogP contribution in [-0.2, 0) is 9.53 Å². The molecule has 4 nitrogen and oxygen atoms in total. The molecular formula is C8H17NO3. The van der Waals surface area contributed by atoms with Crippen LogP contribution in [0.4, 0.5) is 0 Å². The molecule has 0 heterocycles. The molecule has 0 aromatic rings. The van der Waals surface area contributed by atoms with E-state index in [0.29, 0.717) is 0 Å². The van der Waals surface area contributed by atoms with Crippen molar-refractivity contribution in [2.24, 2.45) is 0 Å². The van der Waals surface area contributed by atoms with E-state index < -0.39 is 12.0 Å². The molecule has 1 atom stereocenters. The largest absolute Gasteiger partial charge is 0.468 e. The first kappa shape index (κ1) is 11.4. The monoisotopic (exact) mass is 175 g/mol. The fraction of sp³-hybridized carbons (Fsp3) is 0.875. The molecule has 0 bridgehead atoms. The number of esters is 1. The van der Waals surface area contributed by atoms with E-state index in [0.717, 1.165) is 19.4 Å². The molecule has 0 aliphatic carbocycles. The zero-order valence-corrected chi connectivity index (χ0v) is 7.67. The molecule has 0 spiro atoms. The second-order valence-electron chi connectivity index (χ2n) is 2.57. The fourth-order valence-corrected chi connectivity index (χ4v) is 0.818. The first-order valence-corrected chi connectivity index (χ1v) is 4.18. The lowest BCUT2D eigenvalue weighted by Gasteiger charge is -2.12. The van der Waals surface area contributed by atoms with Crippen LogP contribution in [0.5, 0.6) is 0 Å². The summed E-state index contributed by atoms with van der Waals surface area (Å²) in [4.78, 5) is 10.9. The molecule has 2 N–H and O–H groups in total. The molecule has 4 heteroatoms. The Labute approximate surface area is 72.9 Å². The van der Waals surface area contributed by atoms with Crippen LogP contribution < -0.4 is 5.32 Å². The molecule has 0 aliphatic rings. The van der Waals surface area contributed by atoms with Crippen molar-refractivity contribution in [3.05, 3.63) is 0 Å². The van der Waals surface area contributed by atoms with Gasteiger partial charge in [0.2, 0.25) is 0 Å². The number of hydrogen-bond acceptors (Lipinski definition) is 4. The third kappa shape index (κ3) is 4.31. The van der Waals surface area contributed by atoms with Gasteiger partial charge >= 0.3 is 5.97 Å². The summed E-state index contributed by atoms with van der Waals surface area (Å²) in [6.07, 6.45) is 2.06. The van der Waals surface area contributed by atoms with E-state index in [1.54, 1.807) is 0 Å². The first-order chi connectivity index (χ1) is 5.76. The molecular weight excluding hydrogens is 158 g/mol. The van der Waals surface area contributed by atoms with Gasteiger partial charge in [0.1, 0.15) is 6.04 Å². The summed E-state index contributed by atoms with van der Waals surface area (Å²) in [5, 5.41) is 11.7. The van der Waals surface area contributed by atoms with Crippen LogP contribution in [0.15, 0.2) is 0 Å². The van der Waals surface area contributed by atoms with Crippen molar-refractivity contribution in [2.45, 2.75) is 25.8 Å². The molecule has 0 aliphatic heterocycles. The molecule has 0 radical (unpaired) electrons. The van der Waals surface area contributed by atoms with E-state index in [1.807, 2.05) is 0 Å². The van der Waals surface area contributed by atoms with Gasteiger partial charge < -0.3 is 15.2 Å². The molecule has 0 amide bonds. The van der Waals surface area contributed by atoms with Gasteiger partial charge in [-0.15, -0.1) is 0 Å². The normalized spacial score (nSPS) is 12.6. The van der Waals surface area contributed by atoms with Gasteiger partial charge in [0, 0.05) is 0 Å². The number of unbranched alkanes of at least 4 members (excludes halogenated alkanes) is 1. The van der Waals surface area contributed by atoms with Gasteiger partial charge in [-0.05, 0) is 13.0 Å². The summed E-state index contributed by atoms with van der Waals surface area (Å²) in [7, 11) is 1.31. The quantitative estimate of drug-likeness (QED) is 0.437. The zero-order valence-electron chi connectivity index (χ0n) is 7.67. The standard InChI is InChI=1S/C8H17NO3/c1-3-4-5-9-7(6-10)8(11)12-2/h7,9-10H,3-6H2,1-2H3. The van der Waals surface area contributed by atoms with Gasteiger partial charge in [-0.25, -0.2) is 0 Å². The Morgan fingerprint density at radius 1 is 1.67 bits per heavy atom. The zero-order chi connectivity index (χ0) is 9.40. The van der Waals surface area contributed by atoms with Crippen LogP contribution in [0.2, 0.25) is 0 Å². The van der Waals surface area contributed by atoms with E-state index in [1.165, 1.54) is 7.11 Å². The minimum Gasteiger partial charge on any atom is -0.468 e. The van der Waals surface area contributed by atoms with Gasteiger partial charge in [0.15, 0.2) is 0 Å². The van der Waals surface area contributed by atoms with Gasteiger partial charge in [-0.1, -0.05) is 13.3 Å². The third-order valence-corrected chi connectivity index (χ3v) is 1.59. The first-order valence-electron chi connectivity index (χ1n) is 4.18. The predicted molar refractivity (Wildman–Crippen MR) is 45.8 cm³/mol. The Morgan fingerprint density at radius 2 is 2.33 bits per heavy atom. The van der Waals surface area contributed by atoms with Crippen LogP contribution in [0.3, 0.4) is 0 Å². The Morgan fingerprint density at radius 3 is 2.75 bits per heavy atom. The number of aliphatic hydroxyl groups excluding tert-OH is 1. The molecule has 72 valence electrons. The van der Waals surface area contributed by atoms with Crippen molar-refractivity contribution in [3.63, 3.8) is 0 Å². The Balaban J connectivity index is 3.60. The highest BCUT2D eigenvalue weighted by atomic mass is 16.5. The van der Waals surface area contributed by atoms with E-state index in [-0.39, 0.29) is 6.61 Å². The van der Waals surface area contributed by atoms with Gasteiger partial charge in [0.05, 0.1) is 13.7 Å². The highest BCUT2D eigenvalue weighted by Crippen LogP contribution is 1.89. The molecule has 12 heavy (non-hydrogen) atoms. The summed E-state index contributed by atoms with van der Waals surface area (Å²) in [6, 6.07) is -0.568. The number of hydrogen-bond donors (Lipinski definition) is 2. The Bertz CT molecular complexity index is 127. The molecule has 0 fully saturated rings. The summed E-state index contributed by atoms with van der Waals surface area (Å²) in [5.41, 5.74) is 0. The highest BCUT2D eigenvalue weighted by Gasteiger charge is 2.15. The van der Waals surface area contributed by atoms with Crippen molar-refractivity contribution < 1.29 is 14.6 Å². The van der Waals surface area contributed by atoms with Crippen LogP contribution in [-0.4, -0.2) is 37.4 Å². The highest BCUT2D eigenvalue weighted by molar-refractivity contribution is 5.75. The number of methoxy groups -OCH3 is 1. The van der Waals surface area contributed by atoms with Gasteiger partial charge in [0.25, 0.3) is 0 Å². The Hall–Kier alpha value is -0.610. The summed E-state index contributed by atoms with van der Waals surface area (Å²) < 4.78 is 4.47. The topological polar surface area (TPSA) is 58.6 Å². The molecule has 1 unspecified atom stereocenters. The number of carbonyl (C=O) groups excluding carboxylic acids is 1. The number of rotatable bonds is 6. The molecule has 0 saturated heterocycles. The molecule has 0 rings (SSSR count). The van der Waals surface area contributed by atoms with Crippen molar-refractivity contribution >= 4 is 5.97 Å². The van der Waals surface area contributed by atoms with E-state index in [9.17, 15) is 4.79 Å². The van der Waals surface area contributed by atoms with Gasteiger partial charge in [-0.2, -0.15) is 0 Å². The minimum atomic E-state index is -0.568. The molecule has 0 aromatic heterocycles. The lowest BCUT2D eigenvalue weighted by atomic mass is 10.3. The predicted octanol–water partition coefficient (Wildman–Crippen LogP) is -0.0900. The maximum Gasteiger partial charge on any atom is 0.325 e. The second kappa shape index (κ2) is 7.06. The van der Waals surface area contributed by atoms with Crippen molar-refractivity contribution in [2.75, 3.05) is 20.3 Å². The second-order valence-corrected chi connectivity index (χ2v) is 2.57. The van der Waals surface area contributed by atoms with Crippen molar-refractivity contribution in [1.82, 2.24) is 5.32 Å². The third-order valence-electron chi connectivity index (χ3n) is 1.59.